The third-order valence-corrected chi connectivity index (χ3v) is 7.11. The Hall–Kier alpha value is -4.70. The molecule has 5 N–H and O–H groups in total. The summed E-state index contributed by atoms with van der Waals surface area (Å²) in [5.41, 5.74) is 7.09. The predicted octanol–water partition coefficient (Wildman–Crippen LogP) is 8.14. The highest BCUT2D eigenvalue weighted by Gasteiger charge is 2.16. The number of anilines is 2. The van der Waals surface area contributed by atoms with Gasteiger partial charge in [0, 0.05) is 30.2 Å². The van der Waals surface area contributed by atoms with Crippen molar-refractivity contribution in [2.45, 2.75) is 72.3 Å². The smallest absolute Gasteiger partial charge is 0.203 e. The number of aliphatic imine (C=N–C) groups is 2. The number of nitrogens with zero attached hydrogens (tertiary/aromatic N) is 2. The summed E-state index contributed by atoms with van der Waals surface area (Å²) in [4.78, 5) is 9.38. The fourth-order valence-corrected chi connectivity index (χ4v) is 4.57. The van der Waals surface area contributed by atoms with Crippen LogP contribution in [-0.2, 0) is 6.54 Å². The molecule has 0 aromatic heterocycles. The number of aromatic hydroxyl groups is 1. The van der Waals surface area contributed by atoms with Crippen LogP contribution in [-0.4, -0.2) is 30.1 Å². The van der Waals surface area contributed by atoms with Crippen molar-refractivity contribution in [2.24, 2.45) is 9.98 Å². The van der Waals surface area contributed by atoms with Crippen molar-refractivity contribution in [1.82, 2.24) is 10.6 Å². The molecule has 0 radical (unpaired) electrons. The fraction of sp³-hybridized carbons (Fsp3) is 0.351. The number of phenolic OH excluding ortho intramolecular Hbond substituents is 1. The number of hydrogen-bond donors (Lipinski definition) is 5. The molecule has 0 amide bonds. The molecule has 0 bridgehead atoms. The van der Waals surface area contributed by atoms with Crippen molar-refractivity contribution in [3.8, 4) is 18.1 Å². The third kappa shape index (κ3) is 12.3. The van der Waals surface area contributed by atoms with Crippen LogP contribution in [0.25, 0.3) is 5.70 Å². The van der Waals surface area contributed by atoms with Crippen molar-refractivity contribution < 1.29 is 5.11 Å². The van der Waals surface area contributed by atoms with Gasteiger partial charge in [0.2, 0.25) is 5.96 Å². The van der Waals surface area contributed by atoms with Gasteiger partial charge in [-0.15, -0.1) is 12.3 Å². The molecule has 3 aromatic rings. The fourth-order valence-electron chi connectivity index (χ4n) is 4.57. The van der Waals surface area contributed by atoms with Gasteiger partial charge in [0.05, 0.1) is 5.84 Å². The molecule has 7 nitrogen and oxygen atoms in total. The van der Waals surface area contributed by atoms with Gasteiger partial charge in [0.15, 0.2) is 0 Å². The van der Waals surface area contributed by atoms with Crippen LogP contribution in [0, 0.1) is 12.3 Å². The van der Waals surface area contributed by atoms with E-state index in [0.29, 0.717) is 12.6 Å². The highest BCUT2D eigenvalue weighted by molar-refractivity contribution is 6.05. The monoisotopic (exact) mass is 592 g/mol. The van der Waals surface area contributed by atoms with Gasteiger partial charge in [0.25, 0.3) is 0 Å². The van der Waals surface area contributed by atoms with Crippen LogP contribution in [0.1, 0.15) is 76.8 Å². The molecule has 44 heavy (non-hydrogen) atoms. The van der Waals surface area contributed by atoms with Crippen LogP contribution in [0.2, 0.25) is 0 Å². The van der Waals surface area contributed by atoms with Crippen molar-refractivity contribution >= 4 is 28.9 Å². The van der Waals surface area contributed by atoms with Crippen molar-refractivity contribution in [1.29, 1.82) is 0 Å². The largest absolute Gasteiger partial charge is 0.508 e. The lowest BCUT2D eigenvalue weighted by Gasteiger charge is -2.24. The lowest BCUT2D eigenvalue weighted by molar-refractivity contribution is 0.475. The molecule has 0 unspecified atom stereocenters. The van der Waals surface area contributed by atoms with Crippen molar-refractivity contribution in [3.63, 3.8) is 0 Å². The third-order valence-electron chi connectivity index (χ3n) is 7.11. The van der Waals surface area contributed by atoms with Crippen LogP contribution in [0.15, 0.2) is 94.4 Å². The van der Waals surface area contributed by atoms with Gasteiger partial charge in [0.1, 0.15) is 12.4 Å². The Morgan fingerprint density at radius 3 is 2.20 bits per heavy atom. The molecule has 1 aliphatic rings. The summed E-state index contributed by atoms with van der Waals surface area (Å²) in [6.07, 6.45) is 12.9. The van der Waals surface area contributed by atoms with E-state index in [-0.39, 0.29) is 5.75 Å². The Balaban J connectivity index is 0.00000169. The summed E-state index contributed by atoms with van der Waals surface area (Å²) < 4.78 is 0. The van der Waals surface area contributed by atoms with Crippen LogP contribution >= 0.6 is 0 Å². The number of unbranched alkanes of at least 4 members (excludes halogenated alkanes) is 3. The van der Waals surface area contributed by atoms with Gasteiger partial charge in [-0.1, -0.05) is 68.7 Å². The number of guanidine groups is 1. The number of terminal acetylenes is 1. The molecule has 0 saturated heterocycles. The zero-order valence-corrected chi connectivity index (χ0v) is 26.5. The molecule has 4 rings (SSSR count). The maximum absolute atomic E-state index is 9.64. The highest BCUT2D eigenvalue weighted by atomic mass is 16.3. The Morgan fingerprint density at radius 1 is 0.886 bits per heavy atom. The van der Waals surface area contributed by atoms with E-state index in [9.17, 15) is 5.11 Å². The zero-order chi connectivity index (χ0) is 31.4. The maximum atomic E-state index is 9.64. The van der Waals surface area contributed by atoms with E-state index in [4.69, 9.17) is 4.99 Å². The van der Waals surface area contributed by atoms with Crippen molar-refractivity contribution in [3.05, 3.63) is 95.6 Å². The molecule has 0 aliphatic heterocycles. The van der Waals surface area contributed by atoms with Crippen LogP contribution in [0.4, 0.5) is 11.4 Å². The molecule has 232 valence electrons. The van der Waals surface area contributed by atoms with Crippen molar-refractivity contribution in [2.75, 3.05) is 23.8 Å². The molecule has 1 fully saturated rings. The predicted molar refractivity (Wildman–Crippen MR) is 188 cm³/mol. The summed E-state index contributed by atoms with van der Waals surface area (Å²) in [7, 11) is 0. The summed E-state index contributed by atoms with van der Waals surface area (Å²) in [5.74, 6) is 3.88. The Morgan fingerprint density at radius 2 is 1.57 bits per heavy atom. The normalized spacial score (nSPS) is 12.6. The zero-order valence-electron chi connectivity index (χ0n) is 26.5. The number of amidine groups is 1. The van der Waals surface area contributed by atoms with Crippen LogP contribution in [0.5, 0.6) is 5.75 Å². The SMILES string of the molecule is C#CC.CCCCCCN=C(C)N/C(=N\CNc1ccc(C(NCc2ccccc2)=C2CCC2)cc1)Nc1ccc(O)cc1. The molecule has 7 heteroatoms. The van der Waals surface area contributed by atoms with Gasteiger partial charge in [-0.3, -0.25) is 4.99 Å². The average Bonchev–Trinajstić information content (AvgIpc) is 3.00. The van der Waals surface area contributed by atoms with E-state index >= 15 is 0 Å². The second kappa shape index (κ2) is 19.5. The van der Waals surface area contributed by atoms with E-state index in [1.165, 1.54) is 48.1 Å². The summed E-state index contributed by atoms with van der Waals surface area (Å²) in [6, 6.07) is 26.0. The summed E-state index contributed by atoms with van der Waals surface area (Å²) in [6.45, 7) is 7.83. The minimum Gasteiger partial charge on any atom is -0.508 e. The Kier molecular flexibility index (Phi) is 15.0. The second-order valence-corrected chi connectivity index (χ2v) is 10.7. The van der Waals surface area contributed by atoms with Gasteiger partial charge >= 0.3 is 0 Å². The van der Waals surface area contributed by atoms with E-state index in [2.05, 4.69) is 100 Å². The van der Waals surface area contributed by atoms with Crippen LogP contribution in [0.3, 0.4) is 0 Å². The summed E-state index contributed by atoms with van der Waals surface area (Å²) in [5, 5.41) is 23.3. The molecular formula is C37H48N6O. The second-order valence-electron chi connectivity index (χ2n) is 10.7. The van der Waals surface area contributed by atoms with Gasteiger partial charge in [-0.25, -0.2) is 4.99 Å². The quantitative estimate of drug-likeness (QED) is 0.0454. The molecule has 0 heterocycles. The molecule has 3 aromatic carbocycles. The molecule has 0 spiro atoms. The molecule has 0 atom stereocenters. The number of benzene rings is 3. The van der Waals surface area contributed by atoms with E-state index in [0.717, 1.165) is 49.6 Å². The Labute approximate surface area is 264 Å². The maximum Gasteiger partial charge on any atom is 0.203 e. The first-order chi connectivity index (χ1) is 21.5. The van der Waals surface area contributed by atoms with Gasteiger partial charge in [-0.05, 0) is 92.6 Å². The molecule has 1 aliphatic carbocycles. The summed E-state index contributed by atoms with van der Waals surface area (Å²) >= 11 is 0. The Bertz CT molecular complexity index is 1380. The number of phenols is 1. The van der Waals surface area contributed by atoms with Gasteiger partial charge < -0.3 is 26.4 Å². The first-order valence-electron chi connectivity index (χ1n) is 15.6. The average molecular weight is 593 g/mol. The topological polar surface area (TPSA) is 93.1 Å². The lowest BCUT2D eigenvalue weighted by atomic mass is 9.88. The first kappa shape index (κ1) is 33.8. The number of rotatable bonds is 13. The standard InChI is InChI=1S/C34H44N6O.C3H4/c1-3-4-5-9-23-35-26(2)39-34(40-31-19-21-32(41)22-20-31)38-25-37-30-17-15-29(16-18-30)33(28-13-10-14-28)36-24-27-11-7-6-8-12-27;1-3-2/h6-8,11-12,15-22,36-37,41H,3-5,9-10,13-14,23-25H2,1-2H3,(H2,35,38,39,40);1H,2H3. The minimum atomic E-state index is 0.225. The van der Waals surface area contributed by atoms with Crippen LogP contribution < -0.4 is 21.3 Å². The van der Waals surface area contributed by atoms with Gasteiger partial charge in [-0.2, -0.15) is 0 Å². The van der Waals surface area contributed by atoms with E-state index < -0.39 is 0 Å². The number of allylic oxidation sites excluding steroid dienone is 1. The lowest BCUT2D eigenvalue weighted by Crippen LogP contribution is -2.35. The van der Waals surface area contributed by atoms with E-state index in [1.807, 2.05) is 19.1 Å². The minimum absolute atomic E-state index is 0.225. The first-order valence-corrected chi connectivity index (χ1v) is 15.6. The number of nitrogens with one attached hydrogen (secondary N) is 4. The molecular weight excluding hydrogens is 544 g/mol. The highest BCUT2D eigenvalue weighted by Crippen LogP contribution is 2.32. The number of hydrogen-bond acceptors (Lipinski definition) is 5. The van der Waals surface area contributed by atoms with E-state index in [1.54, 1.807) is 19.1 Å². The molecule has 1 saturated carbocycles.